The molecule has 0 fully saturated rings. The highest BCUT2D eigenvalue weighted by molar-refractivity contribution is 5.69. The standard InChI is InChI=1S/C29H58O7/c1-2-3-4-5-6-7-8-9-10-11-12-13-14-15-16-17-18-19-20-21-22-27(33)36-24-26(32)29(35)28(34)25(31)23-30/h25-26,28-32,34-35H,2-24H2,1H3/t25-,26-,28-,29-/m0/s1. The molecule has 7 nitrogen and oxygen atoms in total. The lowest BCUT2D eigenvalue weighted by Crippen LogP contribution is -2.47. The Kier molecular flexibility index (Phi) is 25.4. The first-order valence-corrected chi connectivity index (χ1v) is 14.9. The Morgan fingerprint density at radius 1 is 0.556 bits per heavy atom. The second-order valence-corrected chi connectivity index (χ2v) is 10.4. The average molecular weight is 519 g/mol. The van der Waals surface area contributed by atoms with E-state index in [0.717, 1.165) is 19.3 Å². The van der Waals surface area contributed by atoms with Crippen molar-refractivity contribution in [3.63, 3.8) is 0 Å². The van der Waals surface area contributed by atoms with Crippen LogP contribution in [-0.4, -0.2) is 69.1 Å². The van der Waals surface area contributed by atoms with Gasteiger partial charge < -0.3 is 30.3 Å². The van der Waals surface area contributed by atoms with Gasteiger partial charge in [-0.25, -0.2) is 0 Å². The van der Waals surface area contributed by atoms with Crippen molar-refractivity contribution in [2.45, 2.75) is 166 Å². The summed E-state index contributed by atoms with van der Waals surface area (Å²) in [6.45, 7) is 1.06. The van der Waals surface area contributed by atoms with Crippen LogP contribution in [0.15, 0.2) is 0 Å². The molecule has 0 unspecified atom stereocenters. The van der Waals surface area contributed by atoms with Crippen molar-refractivity contribution in [2.24, 2.45) is 0 Å². The van der Waals surface area contributed by atoms with E-state index in [1.807, 2.05) is 0 Å². The normalized spacial score (nSPS) is 14.9. The van der Waals surface area contributed by atoms with Gasteiger partial charge in [-0.05, 0) is 6.42 Å². The predicted octanol–water partition coefficient (Wildman–Crippen LogP) is 5.18. The summed E-state index contributed by atoms with van der Waals surface area (Å²) in [6, 6.07) is 0. The van der Waals surface area contributed by atoms with E-state index in [4.69, 9.17) is 9.84 Å². The number of aliphatic hydroxyl groups excluding tert-OH is 5. The third-order valence-electron chi connectivity index (χ3n) is 6.97. The van der Waals surface area contributed by atoms with Crippen LogP contribution in [0, 0.1) is 0 Å². The zero-order valence-corrected chi connectivity index (χ0v) is 23.1. The van der Waals surface area contributed by atoms with Gasteiger partial charge in [0, 0.05) is 6.42 Å². The van der Waals surface area contributed by atoms with E-state index in [9.17, 15) is 25.2 Å². The molecule has 0 bridgehead atoms. The van der Waals surface area contributed by atoms with Crippen LogP contribution in [-0.2, 0) is 9.53 Å². The zero-order valence-electron chi connectivity index (χ0n) is 23.1. The lowest BCUT2D eigenvalue weighted by Gasteiger charge is -2.25. The van der Waals surface area contributed by atoms with Gasteiger partial charge in [-0.2, -0.15) is 0 Å². The van der Waals surface area contributed by atoms with Gasteiger partial charge in [-0.15, -0.1) is 0 Å². The second-order valence-electron chi connectivity index (χ2n) is 10.4. The number of carbonyl (C=O) groups excluding carboxylic acids is 1. The Morgan fingerprint density at radius 2 is 0.889 bits per heavy atom. The van der Waals surface area contributed by atoms with E-state index in [1.165, 1.54) is 109 Å². The Balaban J connectivity index is 3.36. The quantitative estimate of drug-likeness (QED) is 0.0749. The van der Waals surface area contributed by atoms with Crippen molar-refractivity contribution >= 4 is 5.97 Å². The van der Waals surface area contributed by atoms with Crippen molar-refractivity contribution in [3.8, 4) is 0 Å². The molecular formula is C29H58O7. The molecule has 0 aromatic heterocycles. The van der Waals surface area contributed by atoms with Crippen molar-refractivity contribution in [1.82, 2.24) is 0 Å². The average Bonchev–Trinajstić information content (AvgIpc) is 2.89. The fourth-order valence-corrected chi connectivity index (χ4v) is 4.44. The molecular weight excluding hydrogens is 460 g/mol. The lowest BCUT2D eigenvalue weighted by atomic mass is 10.0. The summed E-state index contributed by atoms with van der Waals surface area (Å²) in [5.41, 5.74) is 0. The van der Waals surface area contributed by atoms with E-state index >= 15 is 0 Å². The first-order chi connectivity index (χ1) is 17.4. The minimum atomic E-state index is -1.71. The van der Waals surface area contributed by atoms with E-state index in [-0.39, 0.29) is 6.42 Å². The first kappa shape index (κ1) is 35.3. The Bertz CT molecular complexity index is 475. The molecule has 0 heterocycles. The van der Waals surface area contributed by atoms with Gasteiger partial charge in [-0.1, -0.05) is 129 Å². The number of rotatable bonds is 27. The summed E-state index contributed by atoms with van der Waals surface area (Å²) in [5.74, 6) is -0.458. The maximum atomic E-state index is 11.8. The number of hydrogen-bond donors (Lipinski definition) is 5. The summed E-state index contributed by atoms with van der Waals surface area (Å²) < 4.78 is 4.92. The van der Waals surface area contributed by atoms with Crippen LogP contribution in [0.25, 0.3) is 0 Å². The molecule has 0 amide bonds. The summed E-state index contributed by atoms with van der Waals surface area (Å²) in [4.78, 5) is 11.8. The number of unbranched alkanes of at least 4 members (excludes halogenated alkanes) is 19. The fraction of sp³-hybridized carbons (Fsp3) is 0.966. The molecule has 0 radical (unpaired) electrons. The van der Waals surface area contributed by atoms with Crippen molar-refractivity contribution in [2.75, 3.05) is 13.2 Å². The maximum Gasteiger partial charge on any atom is 0.305 e. The number of hydrogen-bond acceptors (Lipinski definition) is 7. The third-order valence-corrected chi connectivity index (χ3v) is 6.97. The minimum absolute atomic E-state index is 0.254. The van der Waals surface area contributed by atoms with Gasteiger partial charge in [0.1, 0.15) is 31.0 Å². The zero-order chi connectivity index (χ0) is 26.9. The SMILES string of the molecule is CCCCCCCCCCCCCCCCCCCCCCC(=O)OC[C@H](O)[C@H](O)[C@@H](O)[C@@H](O)CO. The van der Waals surface area contributed by atoms with Crippen LogP contribution in [0.1, 0.15) is 142 Å². The maximum absolute atomic E-state index is 11.8. The first-order valence-electron chi connectivity index (χ1n) is 14.9. The largest absolute Gasteiger partial charge is 0.463 e. The number of carbonyl (C=O) groups is 1. The molecule has 0 rings (SSSR count). The van der Waals surface area contributed by atoms with Crippen LogP contribution < -0.4 is 0 Å². The highest BCUT2D eigenvalue weighted by Crippen LogP contribution is 2.15. The summed E-state index contributed by atoms with van der Waals surface area (Å²) in [6.07, 6.45) is 19.7. The van der Waals surface area contributed by atoms with Crippen LogP contribution in [0.2, 0.25) is 0 Å². The van der Waals surface area contributed by atoms with Crippen LogP contribution in [0.5, 0.6) is 0 Å². The predicted molar refractivity (Wildman–Crippen MR) is 145 cm³/mol. The molecule has 0 saturated carbocycles. The van der Waals surface area contributed by atoms with Gasteiger partial charge in [0.05, 0.1) is 6.61 Å². The summed E-state index contributed by atoms with van der Waals surface area (Å²) in [7, 11) is 0. The van der Waals surface area contributed by atoms with E-state index in [0.29, 0.717) is 0 Å². The van der Waals surface area contributed by atoms with Gasteiger partial charge in [0.25, 0.3) is 0 Å². The Labute approximate surface area is 220 Å². The highest BCUT2D eigenvalue weighted by atomic mass is 16.5. The Morgan fingerprint density at radius 3 is 1.25 bits per heavy atom. The molecule has 0 aliphatic carbocycles. The smallest absolute Gasteiger partial charge is 0.305 e. The second kappa shape index (κ2) is 25.9. The molecule has 4 atom stereocenters. The highest BCUT2D eigenvalue weighted by Gasteiger charge is 2.30. The molecule has 0 aliphatic rings. The molecule has 0 spiro atoms. The van der Waals surface area contributed by atoms with E-state index in [1.54, 1.807) is 0 Å². The van der Waals surface area contributed by atoms with Gasteiger partial charge in [-0.3, -0.25) is 4.79 Å². The number of ether oxygens (including phenoxy) is 1. The van der Waals surface area contributed by atoms with Crippen molar-refractivity contribution in [1.29, 1.82) is 0 Å². The monoisotopic (exact) mass is 518 g/mol. The van der Waals surface area contributed by atoms with Crippen molar-refractivity contribution < 1.29 is 35.1 Å². The van der Waals surface area contributed by atoms with Crippen LogP contribution >= 0.6 is 0 Å². The molecule has 0 aliphatic heterocycles. The molecule has 5 N–H and O–H groups in total. The van der Waals surface area contributed by atoms with Crippen LogP contribution in [0.4, 0.5) is 0 Å². The molecule has 7 heteroatoms. The Hall–Kier alpha value is -0.730. The number of aliphatic hydroxyl groups is 5. The molecule has 0 aromatic rings. The lowest BCUT2D eigenvalue weighted by molar-refractivity contribution is -0.156. The van der Waals surface area contributed by atoms with Gasteiger partial charge in [0.15, 0.2) is 0 Å². The van der Waals surface area contributed by atoms with Gasteiger partial charge in [0.2, 0.25) is 0 Å². The van der Waals surface area contributed by atoms with Gasteiger partial charge >= 0.3 is 5.97 Å². The minimum Gasteiger partial charge on any atom is -0.463 e. The summed E-state index contributed by atoms with van der Waals surface area (Å²) >= 11 is 0. The molecule has 36 heavy (non-hydrogen) atoms. The summed E-state index contributed by atoms with van der Waals surface area (Å²) in [5, 5.41) is 47.0. The van der Waals surface area contributed by atoms with Crippen LogP contribution in [0.3, 0.4) is 0 Å². The third kappa shape index (κ3) is 21.4. The van der Waals surface area contributed by atoms with E-state index in [2.05, 4.69) is 6.92 Å². The molecule has 216 valence electrons. The van der Waals surface area contributed by atoms with E-state index < -0.39 is 43.6 Å². The molecule has 0 aromatic carbocycles. The molecule has 0 saturated heterocycles. The topological polar surface area (TPSA) is 127 Å². The fourth-order valence-electron chi connectivity index (χ4n) is 4.44. The van der Waals surface area contributed by atoms with Crippen molar-refractivity contribution in [3.05, 3.63) is 0 Å². The number of esters is 1.